The predicted molar refractivity (Wildman–Crippen MR) is 103 cm³/mol. The number of ether oxygens (including phenoxy) is 4. The van der Waals surface area contributed by atoms with Gasteiger partial charge >= 0.3 is 0 Å². The molecule has 1 aliphatic rings. The van der Waals surface area contributed by atoms with Crippen LogP contribution in [0.5, 0.6) is 11.5 Å². The number of nitrogens with zero attached hydrogens (tertiary/aromatic N) is 1. The van der Waals surface area contributed by atoms with Crippen molar-refractivity contribution in [3.63, 3.8) is 0 Å². The highest BCUT2D eigenvalue weighted by atomic mass is 16.5. The van der Waals surface area contributed by atoms with Gasteiger partial charge in [0.15, 0.2) is 11.5 Å². The van der Waals surface area contributed by atoms with Crippen LogP contribution in [0, 0.1) is 11.3 Å². The van der Waals surface area contributed by atoms with Crippen LogP contribution in [0.3, 0.4) is 0 Å². The summed E-state index contributed by atoms with van der Waals surface area (Å²) in [6.45, 7) is 8.45. The molecule has 1 aliphatic heterocycles. The maximum absolute atomic E-state index is 9.75. The number of hydrogen-bond donors (Lipinski definition) is 1. The predicted octanol–water partition coefficient (Wildman–Crippen LogP) is 4.12. The monoisotopic (exact) mass is 370 g/mol. The number of benzene rings is 1. The van der Waals surface area contributed by atoms with Gasteiger partial charge in [-0.15, -0.1) is 0 Å². The Bertz CT molecular complexity index is 818. The van der Waals surface area contributed by atoms with Crippen LogP contribution in [0.4, 0.5) is 0 Å². The van der Waals surface area contributed by atoms with E-state index < -0.39 is 5.92 Å². The average Bonchev–Trinajstić information content (AvgIpc) is 2.67. The van der Waals surface area contributed by atoms with Gasteiger partial charge in [-0.25, -0.2) is 0 Å². The minimum absolute atomic E-state index is 0.105. The van der Waals surface area contributed by atoms with Gasteiger partial charge in [0.25, 0.3) is 0 Å². The second kappa shape index (κ2) is 9.04. The van der Waals surface area contributed by atoms with Gasteiger partial charge in [0.05, 0.1) is 26.7 Å². The van der Waals surface area contributed by atoms with Crippen LogP contribution in [0.15, 0.2) is 53.3 Å². The van der Waals surface area contributed by atoms with Crippen molar-refractivity contribution in [3.8, 4) is 17.6 Å². The maximum atomic E-state index is 9.75. The van der Waals surface area contributed by atoms with E-state index in [9.17, 15) is 5.26 Å². The molecule has 0 spiro atoms. The summed E-state index contributed by atoms with van der Waals surface area (Å²) in [6.07, 6.45) is 1.51. The number of hydrogen-bond acceptors (Lipinski definition) is 6. The lowest BCUT2D eigenvalue weighted by Crippen LogP contribution is -2.22. The molecule has 0 aliphatic carbocycles. The fourth-order valence-corrected chi connectivity index (χ4v) is 3.16. The molecule has 1 heterocycles. The first-order valence-electron chi connectivity index (χ1n) is 8.86. The van der Waals surface area contributed by atoms with Gasteiger partial charge in [0.2, 0.25) is 5.88 Å². The van der Waals surface area contributed by atoms with E-state index in [0.717, 1.165) is 17.6 Å². The van der Waals surface area contributed by atoms with E-state index in [0.29, 0.717) is 41.6 Å². The maximum Gasteiger partial charge on any atom is 0.205 e. The zero-order chi connectivity index (χ0) is 20.0. The van der Waals surface area contributed by atoms with Crippen LogP contribution >= 0.6 is 0 Å². The summed E-state index contributed by atoms with van der Waals surface area (Å²) in [6, 6.07) is 7.70. The van der Waals surface area contributed by atoms with Gasteiger partial charge in [-0.2, -0.15) is 5.26 Å². The van der Waals surface area contributed by atoms with Crippen molar-refractivity contribution in [3.05, 3.63) is 58.9 Å². The fraction of sp³-hybridized carbons (Fsp3) is 0.381. The third kappa shape index (κ3) is 4.03. The van der Waals surface area contributed by atoms with Crippen molar-refractivity contribution in [1.82, 2.24) is 0 Å². The quantitative estimate of drug-likeness (QED) is 0.693. The fourth-order valence-electron chi connectivity index (χ4n) is 3.16. The van der Waals surface area contributed by atoms with Gasteiger partial charge in [-0.3, -0.25) is 0 Å². The van der Waals surface area contributed by atoms with Crippen molar-refractivity contribution < 1.29 is 18.9 Å². The Balaban J connectivity index is 2.69. The van der Waals surface area contributed by atoms with E-state index >= 15 is 0 Å². The third-order valence-electron chi connectivity index (χ3n) is 4.33. The Labute approximate surface area is 160 Å². The smallest absolute Gasteiger partial charge is 0.205 e. The Kier molecular flexibility index (Phi) is 6.78. The number of methoxy groups -OCH3 is 2. The molecule has 0 saturated carbocycles. The van der Waals surface area contributed by atoms with Crippen LogP contribution in [-0.4, -0.2) is 20.8 Å². The molecule has 1 aromatic carbocycles. The number of nitriles is 1. The largest absolute Gasteiger partial charge is 0.494 e. The van der Waals surface area contributed by atoms with Crippen LogP contribution < -0.4 is 15.2 Å². The van der Waals surface area contributed by atoms with Crippen LogP contribution in [0.2, 0.25) is 0 Å². The Hall–Kier alpha value is -3.07. The summed E-state index contributed by atoms with van der Waals surface area (Å²) < 4.78 is 22.2. The van der Waals surface area contributed by atoms with Gasteiger partial charge in [0.1, 0.15) is 23.2 Å². The van der Waals surface area contributed by atoms with E-state index in [4.69, 9.17) is 24.7 Å². The zero-order valence-corrected chi connectivity index (χ0v) is 16.3. The molecule has 0 fully saturated rings. The molecule has 0 amide bonds. The van der Waals surface area contributed by atoms with Gasteiger partial charge in [0, 0.05) is 12.0 Å². The second-order valence-electron chi connectivity index (χ2n) is 5.98. The van der Waals surface area contributed by atoms with E-state index in [2.05, 4.69) is 12.6 Å². The Morgan fingerprint density at radius 3 is 2.52 bits per heavy atom. The summed E-state index contributed by atoms with van der Waals surface area (Å²) in [5.74, 6) is 1.97. The molecule has 0 saturated heterocycles. The molecular formula is C21H26N2O4. The second-order valence-corrected chi connectivity index (χ2v) is 5.98. The van der Waals surface area contributed by atoms with Gasteiger partial charge in [-0.05, 0) is 31.0 Å². The van der Waals surface area contributed by atoms with Crippen molar-refractivity contribution in [1.29, 1.82) is 5.26 Å². The lowest BCUT2D eigenvalue weighted by molar-refractivity contribution is 0.217. The Morgan fingerprint density at radius 1 is 1.26 bits per heavy atom. The standard InChI is InChI=1S/C21H26N2O4/c1-6-8-17-19(13(3)26-7-2)20(15(12-22)21(23)27-17)14-9-10-16(24-4)18(11-14)25-5/h9-11,20H,3,6-8,23H2,1-2,4-5H3/t20-/m0/s1. The highest BCUT2D eigenvalue weighted by molar-refractivity contribution is 5.56. The van der Waals surface area contributed by atoms with E-state index in [1.54, 1.807) is 20.3 Å². The number of allylic oxidation sites excluding steroid dienone is 3. The molecule has 144 valence electrons. The summed E-state index contributed by atoms with van der Waals surface area (Å²) in [5.41, 5.74) is 7.95. The molecule has 0 unspecified atom stereocenters. The molecule has 6 heteroatoms. The molecule has 2 rings (SSSR count). The molecule has 0 bridgehead atoms. The topological polar surface area (TPSA) is 86.7 Å². The first-order chi connectivity index (χ1) is 13.0. The molecular weight excluding hydrogens is 344 g/mol. The van der Waals surface area contributed by atoms with Gasteiger partial charge < -0.3 is 24.7 Å². The zero-order valence-electron chi connectivity index (χ0n) is 16.3. The van der Waals surface area contributed by atoms with Crippen LogP contribution in [0.25, 0.3) is 0 Å². The third-order valence-corrected chi connectivity index (χ3v) is 4.33. The minimum atomic E-state index is -0.454. The first-order valence-corrected chi connectivity index (χ1v) is 8.86. The summed E-state index contributed by atoms with van der Waals surface area (Å²) in [4.78, 5) is 0. The molecule has 1 aromatic rings. The molecule has 2 N–H and O–H groups in total. The molecule has 0 aromatic heterocycles. The van der Waals surface area contributed by atoms with Crippen molar-refractivity contribution >= 4 is 0 Å². The van der Waals surface area contributed by atoms with E-state index in [1.165, 1.54) is 0 Å². The number of nitrogens with two attached hydrogens (primary N) is 1. The molecule has 27 heavy (non-hydrogen) atoms. The Morgan fingerprint density at radius 2 is 1.96 bits per heavy atom. The van der Waals surface area contributed by atoms with E-state index in [1.807, 2.05) is 26.0 Å². The minimum Gasteiger partial charge on any atom is -0.494 e. The lowest BCUT2D eigenvalue weighted by Gasteiger charge is -2.30. The molecule has 0 radical (unpaired) electrons. The first kappa shape index (κ1) is 20.2. The lowest BCUT2D eigenvalue weighted by atomic mass is 9.81. The molecule has 6 nitrogen and oxygen atoms in total. The highest BCUT2D eigenvalue weighted by Gasteiger charge is 2.35. The van der Waals surface area contributed by atoms with Crippen molar-refractivity contribution in [2.24, 2.45) is 5.73 Å². The van der Waals surface area contributed by atoms with Gasteiger partial charge in [-0.1, -0.05) is 19.6 Å². The highest BCUT2D eigenvalue weighted by Crippen LogP contribution is 2.45. The summed E-state index contributed by atoms with van der Waals surface area (Å²) in [5, 5.41) is 9.75. The van der Waals surface area contributed by atoms with Crippen molar-refractivity contribution in [2.75, 3.05) is 20.8 Å². The SMILES string of the molecule is C=C(OCC)C1=C(CCC)OC(N)=C(C#N)[C@@H]1c1ccc(OC)c(OC)c1. The summed E-state index contributed by atoms with van der Waals surface area (Å²) in [7, 11) is 3.14. The average molecular weight is 370 g/mol. The summed E-state index contributed by atoms with van der Waals surface area (Å²) >= 11 is 0. The van der Waals surface area contributed by atoms with E-state index in [-0.39, 0.29) is 5.88 Å². The number of rotatable bonds is 8. The normalized spacial score (nSPS) is 16.5. The van der Waals surface area contributed by atoms with Crippen LogP contribution in [-0.2, 0) is 9.47 Å². The van der Waals surface area contributed by atoms with Crippen LogP contribution in [0.1, 0.15) is 38.2 Å². The molecule has 1 atom stereocenters. The van der Waals surface area contributed by atoms with Crippen molar-refractivity contribution in [2.45, 2.75) is 32.6 Å².